The van der Waals surface area contributed by atoms with E-state index in [-0.39, 0.29) is 21.6 Å². The van der Waals surface area contributed by atoms with E-state index in [4.69, 9.17) is 32.7 Å². The van der Waals surface area contributed by atoms with Gasteiger partial charge in [-0.2, -0.15) is 0 Å². The Morgan fingerprint density at radius 2 is 1.89 bits per heavy atom. The van der Waals surface area contributed by atoms with Crippen LogP contribution in [-0.2, 0) is 11.3 Å². The molecule has 0 aliphatic rings. The second-order valence-corrected chi connectivity index (χ2v) is 6.66. The second kappa shape index (κ2) is 9.29. The van der Waals surface area contributed by atoms with Crippen LogP contribution in [0.3, 0.4) is 0 Å². The van der Waals surface area contributed by atoms with Gasteiger partial charge in [-0.05, 0) is 19.1 Å². The number of benzene rings is 1. The van der Waals surface area contributed by atoms with Crippen LogP contribution in [0.2, 0.25) is 10.2 Å². The molecule has 0 radical (unpaired) electrons. The van der Waals surface area contributed by atoms with Crippen molar-refractivity contribution < 1.29 is 27.5 Å². The maximum atomic E-state index is 14.2. The third-order valence-electron chi connectivity index (χ3n) is 3.79. The van der Waals surface area contributed by atoms with Crippen molar-refractivity contribution in [3.63, 3.8) is 0 Å². The SMILES string of the molecule is C=O.COc1ccc(Cl)c(NC(=O)c2ncn(CC(C)(F)C(C)(F)F)c2Cl)c1. The topological polar surface area (TPSA) is 73.2 Å². The van der Waals surface area contributed by atoms with Crippen LogP contribution in [-0.4, -0.2) is 40.9 Å². The number of methoxy groups -OCH3 is 1. The number of alkyl halides is 3. The fourth-order valence-corrected chi connectivity index (χ4v) is 2.40. The van der Waals surface area contributed by atoms with Crippen LogP contribution in [0, 0.1) is 0 Å². The quantitative estimate of drug-likeness (QED) is 0.710. The highest BCUT2D eigenvalue weighted by atomic mass is 35.5. The van der Waals surface area contributed by atoms with Gasteiger partial charge in [0.05, 0.1) is 30.7 Å². The summed E-state index contributed by atoms with van der Waals surface area (Å²) in [6.07, 6.45) is 1.02. The summed E-state index contributed by atoms with van der Waals surface area (Å²) >= 11 is 12.0. The van der Waals surface area contributed by atoms with E-state index >= 15 is 0 Å². The lowest BCUT2D eigenvalue weighted by Crippen LogP contribution is -2.42. The summed E-state index contributed by atoms with van der Waals surface area (Å²) in [4.78, 5) is 24.1. The highest BCUT2D eigenvalue weighted by molar-refractivity contribution is 6.35. The lowest BCUT2D eigenvalue weighted by Gasteiger charge is -2.27. The molecule has 0 saturated carbocycles. The van der Waals surface area contributed by atoms with Crippen molar-refractivity contribution in [2.45, 2.75) is 32.0 Å². The third-order valence-corrected chi connectivity index (χ3v) is 4.52. The first-order valence-electron chi connectivity index (χ1n) is 7.67. The van der Waals surface area contributed by atoms with E-state index in [2.05, 4.69) is 10.3 Å². The van der Waals surface area contributed by atoms with Crippen molar-refractivity contribution in [3.05, 3.63) is 40.4 Å². The van der Waals surface area contributed by atoms with E-state index in [0.29, 0.717) is 12.7 Å². The molecular formula is C17H18Cl2F3N3O3. The second-order valence-electron chi connectivity index (χ2n) is 5.90. The molecule has 154 valence electrons. The summed E-state index contributed by atoms with van der Waals surface area (Å²) in [5.74, 6) is -3.87. The summed E-state index contributed by atoms with van der Waals surface area (Å²) in [7, 11) is 1.45. The van der Waals surface area contributed by atoms with Gasteiger partial charge in [-0.15, -0.1) is 0 Å². The predicted octanol–water partition coefficient (Wildman–Crippen LogP) is 4.65. The summed E-state index contributed by atoms with van der Waals surface area (Å²) in [5, 5.41) is 2.47. The number of nitrogens with zero attached hydrogens (tertiary/aromatic N) is 2. The summed E-state index contributed by atoms with van der Waals surface area (Å²) in [5.41, 5.74) is -2.88. The van der Waals surface area contributed by atoms with E-state index in [1.54, 1.807) is 6.07 Å². The van der Waals surface area contributed by atoms with E-state index < -0.39 is 24.0 Å². The Morgan fingerprint density at radius 1 is 1.29 bits per heavy atom. The van der Waals surface area contributed by atoms with Gasteiger partial charge in [0.25, 0.3) is 11.8 Å². The number of rotatable bonds is 6. The normalized spacial score (nSPS) is 13.1. The Balaban J connectivity index is 0.00000190. The van der Waals surface area contributed by atoms with Gasteiger partial charge in [0, 0.05) is 13.0 Å². The Hall–Kier alpha value is -2.26. The molecule has 1 amide bonds. The number of amides is 1. The molecule has 6 nitrogen and oxygen atoms in total. The number of halogens is 5. The van der Waals surface area contributed by atoms with Crippen LogP contribution in [0.5, 0.6) is 5.75 Å². The molecule has 11 heteroatoms. The van der Waals surface area contributed by atoms with Crippen LogP contribution in [0.1, 0.15) is 24.3 Å². The smallest absolute Gasteiger partial charge is 0.280 e. The average molecular weight is 440 g/mol. The molecule has 1 unspecified atom stereocenters. The van der Waals surface area contributed by atoms with Gasteiger partial charge in [-0.25, -0.2) is 18.2 Å². The van der Waals surface area contributed by atoms with Crippen LogP contribution in [0.15, 0.2) is 24.5 Å². The number of hydrogen-bond donors (Lipinski definition) is 1. The molecule has 1 aromatic carbocycles. The molecule has 0 saturated heterocycles. The van der Waals surface area contributed by atoms with Crippen molar-refractivity contribution in [1.29, 1.82) is 0 Å². The number of anilines is 1. The van der Waals surface area contributed by atoms with Crippen molar-refractivity contribution >= 4 is 41.6 Å². The molecule has 1 atom stereocenters. The minimum Gasteiger partial charge on any atom is -0.497 e. The fraction of sp³-hybridized carbons (Fsp3) is 0.353. The molecule has 2 rings (SSSR count). The Morgan fingerprint density at radius 3 is 2.43 bits per heavy atom. The van der Waals surface area contributed by atoms with E-state index in [1.165, 1.54) is 19.2 Å². The maximum Gasteiger partial charge on any atom is 0.280 e. The highest BCUT2D eigenvalue weighted by Gasteiger charge is 2.47. The largest absolute Gasteiger partial charge is 0.497 e. The zero-order chi connectivity index (χ0) is 21.7. The number of aromatic nitrogens is 2. The number of carbonyl (C=O) groups excluding carboxylic acids is 2. The van der Waals surface area contributed by atoms with Crippen molar-refractivity contribution in [2.24, 2.45) is 0 Å². The molecule has 0 bridgehead atoms. The first-order valence-corrected chi connectivity index (χ1v) is 8.43. The molecule has 0 aliphatic carbocycles. The molecular weight excluding hydrogens is 422 g/mol. The molecule has 1 aromatic heterocycles. The van der Waals surface area contributed by atoms with Gasteiger partial charge in [-0.3, -0.25) is 4.79 Å². The van der Waals surface area contributed by atoms with E-state index in [9.17, 15) is 18.0 Å². The molecule has 1 heterocycles. The van der Waals surface area contributed by atoms with Gasteiger partial charge in [-0.1, -0.05) is 23.2 Å². The maximum absolute atomic E-state index is 14.2. The lowest BCUT2D eigenvalue weighted by atomic mass is 10.0. The fourth-order valence-electron chi connectivity index (χ4n) is 2.00. The minimum absolute atomic E-state index is 0.247. The standard InChI is InChI=1S/C16H16Cl2F3N3O2.CH2O/c1-15(19,16(2,20)21)7-24-8-22-12(13(24)18)14(25)23-11-6-9(26-3)4-5-10(11)17;1-2/h4-6,8H,7H2,1-3H3,(H,23,25);1H2. The van der Waals surface area contributed by atoms with Crippen LogP contribution in [0.4, 0.5) is 18.9 Å². The van der Waals surface area contributed by atoms with Gasteiger partial charge in [0.2, 0.25) is 0 Å². The van der Waals surface area contributed by atoms with E-state index in [0.717, 1.165) is 17.8 Å². The van der Waals surface area contributed by atoms with Gasteiger partial charge in [0.15, 0.2) is 11.4 Å². The highest BCUT2D eigenvalue weighted by Crippen LogP contribution is 2.34. The monoisotopic (exact) mass is 439 g/mol. The molecule has 0 fully saturated rings. The summed E-state index contributed by atoms with van der Waals surface area (Å²) in [6.45, 7) is 2.45. The summed E-state index contributed by atoms with van der Waals surface area (Å²) < 4.78 is 46.8. The van der Waals surface area contributed by atoms with Crippen molar-refractivity contribution in [2.75, 3.05) is 12.4 Å². The van der Waals surface area contributed by atoms with Crippen molar-refractivity contribution in [3.8, 4) is 5.75 Å². The molecule has 0 spiro atoms. The van der Waals surface area contributed by atoms with Crippen LogP contribution < -0.4 is 10.1 Å². The molecule has 0 aliphatic heterocycles. The summed E-state index contributed by atoms with van der Waals surface area (Å²) in [6, 6.07) is 4.61. The predicted molar refractivity (Wildman–Crippen MR) is 100 cm³/mol. The Bertz CT molecular complexity index is 839. The first kappa shape index (κ1) is 23.8. The van der Waals surface area contributed by atoms with Gasteiger partial charge >= 0.3 is 0 Å². The molecule has 28 heavy (non-hydrogen) atoms. The number of imidazole rings is 1. The number of ether oxygens (including phenoxy) is 1. The zero-order valence-corrected chi connectivity index (χ0v) is 16.7. The minimum atomic E-state index is -3.60. The number of hydrogen-bond acceptors (Lipinski definition) is 4. The first-order chi connectivity index (χ1) is 13.0. The van der Waals surface area contributed by atoms with E-state index in [1.807, 2.05) is 6.79 Å². The van der Waals surface area contributed by atoms with Gasteiger partial charge in [0.1, 0.15) is 17.7 Å². The molecule has 1 N–H and O–H groups in total. The number of carbonyl (C=O) groups is 2. The Kier molecular flexibility index (Phi) is 7.89. The van der Waals surface area contributed by atoms with Gasteiger partial charge < -0.3 is 19.4 Å². The third kappa shape index (κ3) is 5.39. The molecule has 2 aromatic rings. The van der Waals surface area contributed by atoms with Crippen LogP contribution in [0.25, 0.3) is 0 Å². The Labute approximate surface area is 169 Å². The zero-order valence-electron chi connectivity index (χ0n) is 15.2. The number of nitrogens with one attached hydrogen (secondary N) is 1. The average Bonchev–Trinajstić information content (AvgIpc) is 2.97. The lowest BCUT2D eigenvalue weighted by molar-refractivity contribution is -0.121. The van der Waals surface area contributed by atoms with Crippen LogP contribution >= 0.6 is 23.2 Å². The van der Waals surface area contributed by atoms with Crippen molar-refractivity contribution in [1.82, 2.24) is 9.55 Å².